The van der Waals surface area contributed by atoms with Crippen molar-refractivity contribution in [3.8, 4) is 0 Å². The van der Waals surface area contributed by atoms with Gasteiger partial charge >= 0.3 is 0 Å². The Balaban J connectivity index is 2.48. The molecule has 0 radical (unpaired) electrons. The van der Waals surface area contributed by atoms with Crippen LogP contribution in [0, 0.1) is 5.82 Å². The number of rotatable bonds is 2. The van der Waals surface area contributed by atoms with E-state index < -0.39 is 11.1 Å². The van der Waals surface area contributed by atoms with Gasteiger partial charge in [0.25, 0.3) is 0 Å². The quantitative estimate of drug-likeness (QED) is 0.869. The zero-order valence-corrected chi connectivity index (χ0v) is 10.0. The monoisotopic (exact) mass is 273 g/mol. The van der Waals surface area contributed by atoms with E-state index in [4.69, 9.17) is 5.73 Å². The van der Waals surface area contributed by atoms with Crippen LogP contribution >= 0.6 is 15.9 Å². The molecule has 4 heteroatoms. The summed E-state index contributed by atoms with van der Waals surface area (Å²) in [5.41, 5.74) is 4.42. The van der Waals surface area contributed by atoms with Crippen molar-refractivity contribution in [2.24, 2.45) is 5.73 Å². The van der Waals surface area contributed by atoms with Crippen molar-refractivity contribution in [3.05, 3.63) is 34.1 Å². The molecule has 0 heterocycles. The fraction of sp³-hybridized carbons (Fsp3) is 0.455. The lowest BCUT2D eigenvalue weighted by molar-refractivity contribution is 0.0651. The summed E-state index contributed by atoms with van der Waals surface area (Å²) in [7, 11) is 0. The third kappa shape index (κ3) is 1.71. The summed E-state index contributed by atoms with van der Waals surface area (Å²) >= 11 is 3.27. The molecule has 1 unspecified atom stereocenters. The molecule has 1 aliphatic rings. The minimum Gasteiger partial charge on any atom is -0.388 e. The molecule has 0 bridgehead atoms. The summed E-state index contributed by atoms with van der Waals surface area (Å²) < 4.78 is 14.4. The van der Waals surface area contributed by atoms with Gasteiger partial charge in [-0.3, -0.25) is 0 Å². The molecule has 1 fully saturated rings. The summed E-state index contributed by atoms with van der Waals surface area (Å²) in [6.45, 7) is 1.67. The largest absolute Gasteiger partial charge is 0.388 e. The minimum absolute atomic E-state index is 0.358. The van der Waals surface area contributed by atoms with Crippen LogP contribution in [-0.2, 0) is 5.54 Å². The van der Waals surface area contributed by atoms with E-state index in [9.17, 15) is 9.50 Å². The molecule has 1 saturated carbocycles. The van der Waals surface area contributed by atoms with Gasteiger partial charge in [-0.25, -0.2) is 4.39 Å². The molecule has 2 rings (SSSR count). The topological polar surface area (TPSA) is 46.2 Å². The highest BCUT2D eigenvalue weighted by Crippen LogP contribution is 2.49. The highest BCUT2D eigenvalue weighted by Gasteiger charge is 2.55. The molecule has 1 aromatic rings. The van der Waals surface area contributed by atoms with Gasteiger partial charge in [-0.05, 0) is 38.0 Å². The Morgan fingerprint density at radius 1 is 1.53 bits per heavy atom. The highest BCUT2D eigenvalue weighted by molar-refractivity contribution is 9.10. The smallest absolute Gasteiger partial charge is 0.128 e. The van der Waals surface area contributed by atoms with E-state index in [1.807, 2.05) is 0 Å². The second-order valence-corrected chi connectivity index (χ2v) is 5.27. The van der Waals surface area contributed by atoms with Gasteiger partial charge < -0.3 is 10.8 Å². The zero-order chi connectivity index (χ0) is 11.3. The fourth-order valence-corrected chi connectivity index (χ4v) is 2.14. The Morgan fingerprint density at radius 2 is 2.13 bits per heavy atom. The average Bonchev–Trinajstić information content (AvgIpc) is 2.89. The number of nitrogens with two attached hydrogens (primary N) is 1. The van der Waals surface area contributed by atoms with Crippen molar-refractivity contribution in [2.45, 2.75) is 30.9 Å². The van der Waals surface area contributed by atoms with Gasteiger partial charge in [-0.1, -0.05) is 15.9 Å². The average molecular weight is 274 g/mol. The minimum atomic E-state index is -1.03. The van der Waals surface area contributed by atoms with Crippen molar-refractivity contribution in [3.63, 3.8) is 0 Å². The van der Waals surface area contributed by atoms with E-state index in [1.165, 1.54) is 6.07 Å². The number of hydrogen-bond acceptors (Lipinski definition) is 2. The molecular weight excluding hydrogens is 261 g/mol. The lowest BCUT2D eigenvalue weighted by atomic mass is 9.85. The van der Waals surface area contributed by atoms with E-state index in [0.29, 0.717) is 18.4 Å². The van der Waals surface area contributed by atoms with Crippen LogP contribution < -0.4 is 5.73 Å². The maximum Gasteiger partial charge on any atom is 0.128 e. The van der Waals surface area contributed by atoms with Gasteiger partial charge in [0, 0.05) is 10.0 Å². The summed E-state index contributed by atoms with van der Waals surface area (Å²) in [5.74, 6) is -0.372. The molecule has 0 spiro atoms. The molecule has 1 aromatic carbocycles. The first-order chi connectivity index (χ1) is 6.87. The molecule has 0 aliphatic heterocycles. The predicted octanol–water partition coefficient (Wildman–Crippen LogP) is 2.29. The van der Waals surface area contributed by atoms with Gasteiger partial charge in [-0.15, -0.1) is 0 Å². The molecule has 82 valence electrons. The first kappa shape index (κ1) is 11.0. The van der Waals surface area contributed by atoms with Crippen LogP contribution in [0.5, 0.6) is 0 Å². The maximum absolute atomic E-state index is 13.6. The van der Waals surface area contributed by atoms with Gasteiger partial charge in [0.15, 0.2) is 0 Å². The van der Waals surface area contributed by atoms with Crippen molar-refractivity contribution < 1.29 is 9.50 Å². The second-order valence-electron chi connectivity index (χ2n) is 4.36. The van der Waals surface area contributed by atoms with Crippen LogP contribution in [0.4, 0.5) is 4.39 Å². The van der Waals surface area contributed by atoms with E-state index in [2.05, 4.69) is 15.9 Å². The number of benzene rings is 1. The van der Waals surface area contributed by atoms with Crippen LogP contribution in [0.1, 0.15) is 25.3 Å². The van der Waals surface area contributed by atoms with Crippen molar-refractivity contribution >= 4 is 15.9 Å². The summed E-state index contributed by atoms with van der Waals surface area (Å²) in [6.07, 6.45) is 1.26. The Hall–Kier alpha value is -0.450. The Kier molecular flexibility index (Phi) is 2.41. The van der Waals surface area contributed by atoms with Crippen LogP contribution in [0.15, 0.2) is 22.7 Å². The normalized spacial score (nSPS) is 22.2. The Morgan fingerprint density at radius 3 is 2.67 bits per heavy atom. The van der Waals surface area contributed by atoms with E-state index >= 15 is 0 Å². The summed E-state index contributed by atoms with van der Waals surface area (Å²) in [4.78, 5) is 0. The second kappa shape index (κ2) is 3.27. The highest BCUT2D eigenvalue weighted by atomic mass is 79.9. The third-order valence-corrected chi connectivity index (χ3v) is 3.67. The van der Waals surface area contributed by atoms with E-state index in [0.717, 1.165) is 4.47 Å². The SMILES string of the molecule is CC(N)(c1cc(Br)ccc1F)C1(O)CC1. The molecule has 1 atom stereocenters. The Bertz CT molecular complexity index is 402. The molecule has 3 N–H and O–H groups in total. The van der Waals surface area contributed by atoms with Gasteiger partial charge in [0.2, 0.25) is 0 Å². The fourth-order valence-electron chi connectivity index (χ4n) is 1.78. The molecule has 0 aromatic heterocycles. The van der Waals surface area contributed by atoms with Gasteiger partial charge in [-0.2, -0.15) is 0 Å². The van der Waals surface area contributed by atoms with Gasteiger partial charge in [0.05, 0.1) is 11.1 Å². The molecule has 0 saturated heterocycles. The third-order valence-electron chi connectivity index (χ3n) is 3.18. The summed E-state index contributed by atoms with van der Waals surface area (Å²) in [6, 6.07) is 4.60. The first-order valence-corrected chi connectivity index (χ1v) is 5.63. The number of hydrogen-bond donors (Lipinski definition) is 2. The maximum atomic E-state index is 13.6. The van der Waals surface area contributed by atoms with Crippen LogP contribution in [0.25, 0.3) is 0 Å². The van der Waals surface area contributed by atoms with Crippen molar-refractivity contribution in [1.82, 2.24) is 0 Å². The van der Waals surface area contributed by atoms with Crippen LogP contribution in [-0.4, -0.2) is 10.7 Å². The standard InChI is InChI=1S/C11H13BrFNO/c1-10(14,11(15)4-5-11)8-6-7(12)2-3-9(8)13/h2-3,6,15H,4-5,14H2,1H3. The predicted molar refractivity (Wildman–Crippen MR) is 59.8 cm³/mol. The molecule has 1 aliphatic carbocycles. The van der Waals surface area contributed by atoms with E-state index in [1.54, 1.807) is 19.1 Å². The van der Waals surface area contributed by atoms with Crippen molar-refractivity contribution in [1.29, 1.82) is 0 Å². The Labute approximate surface area is 96.4 Å². The number of aliphatic hydroxyl groups is 1. The molecule has 2 nitrogen and oxygen atoms in total. The molecule has 0 amide bonds. The van der Waals surface area contributed by atoms with Gasteiger partial charge in [0.1, 0.15) is 5.82 Å². The van der Waals surface area contributed by atoms with Crippen molar-refractivity contribution in [2.75, 3.05) is 0 Å². The van der Waals surface area contributed by atoms with E-state index in [-0.39, 0.29) is 5.82 Å². The van der Waals surface area contributed by atoms with Crippen LogP contribution in [0.2, 0.25) is 0 Å². The number of halogens is 2. The summed E-state index contributed by atoms with van der Waals surface area (Å²) in [5, 5.41) is 10.0. The molecular formula is C11H13BrFNO. The first-order valence-electron chi connectivity index (χ1n) is 4.84. The lowest BCUT2D eigenvalue weighted by Gasteiger charge is -2.31. The zero-order valence-electron chi connectivity index (χ0n) is 8.43. The molecule has 15 heavy (non-hydrogen) atoms. The lowest BCUT2D eigenvalue weighted by Crippen LogP contribution is -2.47. The van der Waals surface area contributed by atoms with Crippen LogP contribution in [0.3, 0.4) is 0 Å².